The van der Waals surface area contributed by atoms with Crippen molar-refractivity contribution in [3.05, 3.63) is 12.2 Å². The molecule has 0 aromatic heterocycles. The third-order valence-electron chi connectivity index (χ3n) is 3.77. The quantitative estimate of drug-likeness (QED) is 0.718. The number of hydrogen-bond donors (Lipinski definition) is 1. The standard InChI is InChI=1S/C13H23NO/c15-11-5-9-13-8-4-10-14(13)12-6-2-1-3-7-12/h2,6,12-13,15H,1,3-5,7-11H2/t12-,13-/m0/s1. The molecule has 2 heteroatoms. The number of nitrogens with zero attached hydrogens (tertiary/aromatic N) is 1. The zero-order valence-electron chi connectivity index (χ0n) is 9.57. The van der Waals surface area contributed by atoms with Crippen LogP contribution in [0.15, 0.2) is 12.2 Å². The van der Waals surface area contributed by atoms with Crippen LogP contribution in [0, 0.1) is 0 Å². The molecule has 2 aliphatic rings. The molecule has 0 aromatic rings. The van der Waals surface area contributed by atoms with Gasteiger partial charge in [0.15, 0.2) is 0 Å². The number of allylic oxidation sites excluding steroid dienone is 1. The van der Waals surface area contributed by atoms with Crippen LogP contribution in [-0.4, -0.2) is 35.2 Å². The van der Waals surface area contributed by atoms with E-state index < -0.39 is 0 Å². The summed E-state index contributed by atoms with van der Waals surface area (Å²) in [5.74, 6) is 0. The summed E-state index contributed by atoms with van der Waals surface area (Å²) >= 11 is 0. The summed E-state index contributed by atoms with van der Waals surface area (Å²) in [5.41, 5.74) is 0. The van der Waals surface area contributed by atoms with E-state index in [9.17, 15) is 0 Å². The van der Waals surface area contributed by atoms with Crippen LogP contribution in [0.3, 0.4) is 0 Å². The van der Waals surface area contributed by atoms with E-state index in [1.165, 1.54) is 45.1 Å². The molecule has 2 nitrogen and oxygen atoms in total. The summed E-state index contributed by atoms with van der Waals surface area (Å²) in [5, 5.41) is 8.89. The molecular formula is C13H23NO. The lowest BCUT2D eigenvalue weighted by atomic mass is 9.99. The largest absolute Gasteiger partial charge is 0.396 e. The fourth-order valence-corrected chi connectivity index (χ4v) is 3.00. The van der Waals surface area contributed by atoms with Crippen molar-refractivity contribution in [1.82, 2.24) is 4.90 Å². The van der Waals surface area contributed by atoms with Crippen molar-refractivity contribution in [1.29, 1.82) is 0 Å². The fraction of sp³-hybridized carbons (Fsp3) is 0.846. The second-order valence-electron chi connectivity index (χ2n) is 4.83. The van der Waals surface area contributed by atoms with Gasteiger partial charge in [-0.1, -0.05) is 12.2 Å². The lowest BCUT2D eigenvalue weighted by Crippen LogP contribution is -2.38. The highest BCUT2D eigenvalue weighted by Gasteiger charge is 2.29. The Morgan fingerprint density at radius 2 is 2.20 bits per heavy atom. The van der Waals surface area contributed by atoms with Crippen LogP contribution in [0.25, 0.3) is 0 Å². The topological polar surface area (TPSA) is 23.5 Å². The lowest BCUT2D eigenvalue weighted by Gasteiger charge is -2.32. The van der Waals surface area contributed by atoms with Crippen LogP contribution in [0.1, 0.15) is 44.9 Å². The van der Waals surface area contributed by atoms with Crippen molar-refractivity contribution in [2.24, 2.45) is 0 Å². The first-order valence-corrected chi connectivity index (χ1v) is 6.45. The number of likely N-dealkylation sites (tertiary alicyclic amines) is 1. The smallest absolute Gasteiger partial charge is 0.0431 e. The first kappa shape index (κ1) is 11.2. The SMILES string of the molecule is OCCC[C@@H]1CCCN1[C@H]1C=CCCC1. The van der Waals surface area contributed by atoms with E-state index >= 15 is 0 Å². The van der Waals surface area contributed by atoms with Gasteiger partial charge in [-0.05, 0) is 51.5 Å². The predicted octanol–water partition coefficient (Wildman–Crippen LogP) is 2.33. The molecule has 1 aliphatic carbocycles. The predicted molar refractivity (Wildman–Crippen MR) is 62.8 cm³/mol. The van der Waals surface area contributed by atoms with Crippen LogP contribution < -0.4 is 0 Å². The van der Waals surface area contributed by atoms with Gasteiger partial charge in [-0.3, -0.25) is 4.90 Å². The maximum absolute atomic E-state index is 8.89. The Morgan fingerprint density at radius 1 is 1.27 bits per heavy atom. The summed E-state index contributed by atoms with van der Waals surface area (Å²) < 4.78 is 0. The summed E-state index contributed by atoms with van der Waals surface area (Å²) in [4.78, 5) is 2.67. The second kappa shape index (κ2) is 5.66. The van der Waals surface area contributed by atoms with Crippen molar-refractivity contribution < 1.29 is 5.11 Å². The van der Waals surface area contributed by atoms with Crippen LogP contribution >= 0.6 is 0 Å². The Kier molecular flexibility index (Phi) is 4.21. The average Bonchev–Trinajstić information content (AvgIpc) is 2.75. The maximum atomic E-state index is 8.89. The Balaban J connectivity index is 1.88. The van der Waals surface area contributed by atoms with Crippen LogP contribution in [0.5, 0.6) is 0 Å². The van der Waals surface area contributed by atoms with Crippen molar-refractivity contribution in [2.75, 3.05) is 13.2 Å². The van der Waals surface area contributed by atoms with Crippen LogP contribution in [-0.2, 0) is 0 Å². The van der Waals surface area contributed by atoms with Gasteiger partial charge in [0.2, 0.25) is 0 Å². The molecule has 15 heavy (non-hydrogen) atoms. The highest BCUT2D eigenvalue weighted by atomic mass is 16.2. The number of aliphatic hydroxyl groups is 1. The number of aliphatic hydroxyl groups excluding tert-OH is 1. The first-order valence-electron chi connectivity index (χ1n) is 6.45. The third-order valence-corrected chi connectivity index (χ3v) is 3.77. The van der Waals surface area contributed by atoms with E-state index in [2.05, 4.69) is 17.1 Å². The molecule has 0 radical (unpaired) electrons. The molecule has 0 saturated carbocycles. The minimum Gasteiger partial charge on any atom is -0.396 e. The average molecular weight is 209 g/mol. The van der Waals surface area contributed by atoms with Gasteiger partial charge < -0.3 is 5.11 Å². The molecule has 0 amide bonds. The van der Waals surface area contributed by atoms with Gasteiger partial charge in [0.25, 0.3) is 0 Å². The summed E-state index contributed by atoms with van der Waals surface area (Å²) in [6.07, 6.45) is 13.5. The van der Waals surface area contributed by atoms with Crippen LogP contribution in [0.4, 0.5) is 0 Å². The van der Waals surface area contributed by atoms with Gasteiger partial charge >= 0.3 is 0 Å². The van der Waals surface area contributed by atoms with Crippen LogP contribution in [0.2, 0.25) is 0 Å². The van der Waals surface area contributed by atoms with Crippen molar-refractivity contribution in [3.63, 3.8) is 0 Å². The minimum atomic E-state index is 0.352. The molecule has 2 rings (SSSR count). The molecule has 1 heterocycles. The van der Waals surface area contributed by atoms with Gasteiger partial charge in [-0.25, -0.2) is 0 Å². The fourth-order valence-electron chi connectivity index (χ4n) is 3.00. The van der Waals surface area contributed by atoms with E-state index in [-0.39, 0.29) is 0 Å². The molecule has 1 fully saturated rings. The summed E-state index contributed by atoms with van der Waals surface area (Å²) in [7, 11) is 0. The molecular weight excluding hydrogens is 186 g/mol. The molecule has 86 valence electrons. The molecule has 2 atom stereocenters. The van der Waals surface area contributed by atoms with Crippen molar-refractivity contribution in [2.45, 2.75) is 57.0 Å². The molecule has 1 aliphatic heterocycles. The minimum absolute atomic E-state index is 0.352. The molecule has 0 bridgehead atoms. The van der Waals surface area contributed by atoms with Gasteiger partial charge in [0.1, 0.15) is 0 Å². The van der Waals surface area contributed by atoms with E-state index in [1.54, 1.807) is 0 Å². The Hall–Kier alpha value is -0.340. The van der Waals surface area contributed by atoms with Crippen molar-refractivity contribution >= 4 is 0 Å². The van der Waals surface area contributed by atoms with E-state index in [4.69, 9.17) is 5.11 Å². The highest BCUT2D eigenvalue weighted by Crippen LogP contribution is 2.27. The van der Waals surface area contributed by atoms with E-state index in [0.29, 0.717) is 12.6 Å². The maximum Gasteiger partial charge on any atom is 0.0431 e. The van der Waals surface area contributed by atoms with E-state index in [0.717, 1.165) is 12.5 Å². The number of hydrogen-bond acceptors (Lipinski definition) is 2. The zero-order valence-corrected chi connectivity index (χ0v) is 9.57. The van der Waals surface area contributed by atoms with E-state index in [1.807, 2.05) is 0 Å². The van der Waals surface area contributed by atoms with Gasteiger partial charge in [-0.15, -0.1) is 0 Å². The van der Waals surface area contributed by atoms with Gasteiger partial charge in [-0.2, -0.15) is 0 Å². The summed E-state index contributed by atoms with van der Waals surface area (Å²) in [6.45, 7) is 1.62. The second-order valence-corrected chi connectivity index (χ2v) is 4.83. The van der Waals surface area contributed by atoms with Crippen molar-refractivity contribution in [3.8, 4) is 0 Å². The number of rotatable bonds is 4. The molecule has 0 unspecified atom stereocenters. The molecule has 1 N–H and O–H groups in total. The lowest BCUT2D eigenvalue weighted by molar-refractivity contribution is 0.176. The Labute approximate surface area is 93.0 Å². The molecule has 0 spiro atoms. The highest BCUT2D eigenvalue weighted by molar-refractivity contribution is 5.01. The van der Waals surface area contributed by atoms with Gasteiger partial charge in [0.05, 0.1) is 0 Å². The normalized spacial score (nSPS) is 32.3. The Bertz CT molecular complexity index is 215. The monoisotopic (exact) mass is 209 g/mol. The zero-order chi connectivity index (χ0) is 10.5. The summed E-state index contributed by atoms with van der Waals surface area (Å²) in [6, 6.07) is 1.44. The Morgan fingerprint density at radius 3 is 2.93 bits per heavy atom. The molecule has 1 saturated heterocycles. The van der Waals surface area contributed by atoms with Gasteiger partial charge in [0, 0.05) is 18.7 Å². The third kappa shape index (κ3) is 2.82. The molecule has 0 aromatic carbocycles. The first-order chi connectivity index (χ1) is 7.42.